The molecular formula is C69H48N24O20S4. The zero-order chi connectivity index (χ0) is 85.9. The second-order valence-electron chi connectivity index (χ2n) is 29.5. The van der Waals surface area contributed by atoms with Crippen molar-refractivity contribution in [2.75, 3.05) is 0 Å². The first-order valence-electron chi connectivity index (χ1n) is 33.3. The van der Waals surface area contributed by atoms with E-state index in [9.17, 15) is 82.6 Å². The minimum Gasteiger partial charge on any atom is -0.375 e. The van der Waals surface area contributed by atoms with E-state index in [1.54, 1.807) is 27.7 Å². The highest BCUT2D eigenvalue weighted by Crippen LogP contribution is 2.70. The molecule has 0 saturated heterocycles. The fraction of sp³-hybridized carbons (Fsp3) is 0.246. The third-order valence-electron chi connectivity index (χ3n) is 19.6. The number of ketones is 8. The summed E-state index contributed by atoms with van der Waals surface area (Å²) < 4.78 is 156. The predicted molar refractivity (Wildman–Crippen MR) is 402 cm³/mol. The molecule has 6 aromatic rings. The minimum atomic E-state index is -6.13. The second-order valence-corrected chi connectivity index (χ2v) is 35.6. The average molecular weight is 1660 g/mol. The topological polar surface area (TPSA) is 700 Å². The molecule has 0 aliphatic heterocycles. The van der Waals surface area contributed by atoms with Crippen molar-refractivity contribution in [3.8, 4) is 23.0 Å². The molecule has 48 heteroatoms. The molecule has 0 bridgehead atoms. The first-order valence-corrected chi connectivity index (χ1v) is 38.9. The van der Waals surface area contributed by atoms with Crippen LogP contribution in [0.5, 0.6) is 23.0 Å². The number of hydrogen-bond donors (Lipinski definition) is 0. The van der Waals surface area contributed by atoms with Crippen molar-refractivity contribution >= 4 is 110 Å². The van der Waals surface area contributed by atoms with E-state index in [-0.39, 0.29) is 22.3 Å². The number of benzene rings is 6. The second kappa shape index (κ2) is 28.3. The van der Waals surface area contributed by atoms with Crippen LogP contribution in [0.25, 0.3) is 106 Å². The fourth-order valence-electron chi connectivity index (χ4n) is 15.2. The molecule has 12 rings (SSSR count). The molecule has 6 aliphatic carbocycles. The number of rotatable bonds is 20. The van der Waals surface area contributed by atoms with Crippen molar-refractivity contribution < 1.29 is 88.8 Å². The van der Waals surface area contributed by atoms with Gasteiger partial charge in [-0.05, 0) is 114 Å². The van der Waals surface area contributed by atoms with Gasteiger partial charge in [0.15, 0.2) is 23.0 Å². The molecule has 0 heterocycles. The summed E-state index contributed by atoms with van der Waals surface area (Å²) in [6.45, 7) is 14.9. The molecule has 6 aromatic carbocycles. The molecule has 0 aromatic heterocycles. The summed E-state index contributed by atoms with van der Waals surface area (Å²) in [5.74, 6) is -17.5. The van der Waals surface area contributed by atoms with E-state index >= 15 is 33.7 Å². The van der Waals surface area contributed by atoms with Gasteiger partial charge in [0, 0.05) is 111 Å². The first kappa shape index (κ1) is 81.6. The highest BCUT2D eigenvalue weighted by Gasteiger charge is 2.62. The minimum absolute atomic E-state index is 0.0851. The van der Waals surface area contributed by atoms with Crippen LogP contribution in [-0.2, 0) is 86.7 Å². The van der Waals surface area contributed by atoms with Crippen LogP contribution in [0.15, 0.2) is 168 Å². The average Bonchev–Trinajstić information content (AvgIpc) is 1.50. The molecular weight excluding hydrogens is 1610 g/mol. The summed E-state index contributed by atoms with van der Waals surface area (Å²) in [7, 11) is -24.3. The maximum absolute atomic E-state index is 16.5. The van der Waals surface area contributed by atoms with Gasteiger partial charge in [-0.15, -0.1) is 0 Å². The van der Waals surface area contributed by atoms with E-state index in [1.807, 2.05) is 0 Å². The van der Waals surface area contributed by atoms with Crippen molar-refractivity contribution in [3.05, 3.63) is 269 Å². The number of nitrogens with zero attached hydrogens (tertiary/aromatic N) is 24. The van der Waals surface area contributed by atoms with Gasteiger partial charge in [-0.3, -0.25) is 38.4 Å². The molecule has 0 atom stereocenters. The van der Waals surface area contributed by atoms with E-state index in [1.165, 1.54) is 53.7 Å². The largest absolute Gasteiger partial charge is 0.375 e. The van der Waals surface area contributed by atoms with Gasteiger partial charge in [0.1, 0.15) is 19.6 Å². The van der Waals surface area contributed by atoms with E-state index in [2.05, 4.69) is 80.2 Å². The Kier molecular flexibility index (Phi) is 19.8. The lowest BCUT2D eigenvalue weighted by molar-refractivity contribution is -0.112. The van der Waals surface area contributed by atoms with Crippen molar-refractivity contribution in [1.82, 2.24) is 0 Å². The van der Waals surface area contributed by atoms with Crippen LogP contribution in [0.4, 0.5) is 0 Å². The summed E-state index contributed by atoms with van der Waals surface area (Å²) in [4.78, 5) is 127. The quantitative estimate of drug-likeness (QED) is 0.0225. The molecule has 117 heavy (non-hydrogen) atoms. The normalized spacial score (nSPS) is 17.2. The Hall–Kier alpha value is -14.9. The Balaban J connectivity index is 1.29. The molecule has 0 N–H and O–H groups in total. The van der Waals surface area contributed by atoms with Crippen molar-refractivity contribution in [2.24, 2.45) is 40.9 Å². The fourth-order valence-corrected chi connectivity index (χ4v) is 19.9. The first-order chi connectivity index (χ1) is 54.8. The third-order valence-corrected chi connectivity index (χ3v) is 24.7. The number of carbonyl (C=O) groups excluding carboxylic acids is 8. The van der Waals surface area contributed by atoms with E-state index < -0.39 is 270 Å². The van der Waals surface area contributed by atoms with Gasteiger partial charge in [0.05, 0.1) is 45.6 Å². The molecule has 0 radical (unpaired) electrons. The zero-order valence-electron chi connectivity index (χ0n) is 61.5. The SMILES string of the molecule is CC(C)(C)c1cc2c(c(OS(=O)(=O)c3cccc4c3C(N=[N+]=[N-])=C(N=[N+]=[N-])C(=O)C4=O)c1OS(=O)(=O)c1cccc3c1C(N=[N+]=[N-])=C(N=[N+]=[N-])C(=O)C3=O)C1(CC2(C)C)CC(C)(C)c2cc(C(C)(C)C)c(OS(=O)(=O)c3cccc4c3C(N=[N+]=[N-])=C(N=[N+]=[N-])C(=O)C4=O)c(OS(=O)(=O)c3cccc4c3C(N=[N+]=[N-])=C(N=[N+]=[N-])C(=O)C4=O)c21. The summed E-state index contributed by atoms with van der Waals surface area (Å²) in [6, 6.07) is 12.9. The lowest BCUT2D eigenvalue weighted by Gasteiger charge is -2.34. The molecule has 0 fully saturated rings. The van der Waals surface area contributed by atoms with Crippen LogP contribution < -0.4 is 16.7 Å². The van der Waals surface area contributed by atoms with Gasteiger partial charge in [0.25, 0.3) is 0 Å². The summed E-state index contributed by atoms with van der Waals surface area (Å²) in [5, 5.41) is 26.9. The van der Waals surface area contributed by atoms with Gasteiger partial charge >= 0.3 is 40.5 Å². The number of fused-ring (bicyclic) bond motifs is 8. The lowest BCUT2D eigenvalue weighted by Crippen LogP contribution is -2.30. The predicted octanol–water partition coefficient (Wildman–Crippen LogP) is 15.2. The molecule has 6 aliphatic rings. The summed E-state index contributed by atoms with van der Waals surface area (Å²) in [6.07, 6.45) is -1.11. The van der Waals surface area contributed by atoms with Crippen LogP contribution in [0.2, 0.25) is 0 Å². The van der Waals surface area contributed by atoms with Gasteiger partial charge in [-0.25, -0.2) is 0 Å². The molecule has 588 valence electrons. The Labute approximate surface area is 656 Å². The smallest absolute Gasteiger partial charge is 0.339 e. The Morgan fingerprint density at radius 2 is 0.521 bits per heavy atom. The highest BCUT2D eigenvalue weighted by atomic mass is 32.2. The van der Waals surface area contributed by atoms with Gasteiger partial charge in [0.2, 0.25) is 46.3 Å². The van der Waals surface area contributed by atoms with E-state index in [4.69, 9.17) is 16.7 Å². The van der Waals surface area contributed by atoms with Gasteiger partial charge in [-0.1, -0.05) is 171 Å². The number of allylic oxidation sites excluding steroid dienone is 4. The summed E-state index contributed by atoms with van der Waals surface area (Å²) >= 11 is 0. The Bertz CT molecular complexity index is 6540. The molecule has 0 saturated carbocycles. The van der Waals surface area contributed by atoms with Gasteiger partial charge < -0.3 is 16.7 Å². The Morgan fingerprint density at radius 1 is 0.316 bits per heavy atom. The van der Waals surface area contributed by atoms with Crippen molar-refractivity contribution in [1.29, 1.82) is 0 Å². The van der Waals surface area contributed by atoms with Crippen LogP contribution in [-0.4, -0.2) is 79.9 Å². The number of carbonyl (C=O) groups is 8. The molecule has 0 amide bonds. The lowest BCUT2D eigenvalue weighted by atomic mass is 9.71. The third kappa shape index (κ3) is 12.9. The van der Waals surface area contributed by atoms with E-state index in [0.29, 0.717) is 0 Å². The van der Waals surface area contributed by atoms with Crippen LogP contribution in [0.3, 0.4) is 0 Å². The number of azide groups is 8. The van der Waals surface area contributed by atoms with Crippen LogP contribution in [0.1, 0.15) is 179 Å². The van der Waals surface area contributed by atoms with Gasteiger partial charge in [-0.2, -0.15) is 33.7 Å². The maximum Gasteiger partial charge on any atom is 0.339 e. The number of Topliss-reactive ketones (excluding diaryl/α,β-unsaturated/α-hetero) is 8. The van der Waals surface area contributed by atoms with Crippen molar-refractivity contribution in [3.63, 3.8) is 0 Å². The maximum atomic E-state index is 16.5. The van der Waals surface area contributed by atoms with Crippen LogP contribution in [0, 0.1) is 0 Å². The zero-order valence-corrected chi connectivity index (χ0v) is 64.8. The highest BCUT2D eigenvalue weighted by molar-refractivity contribution is 7.88. The number of hydrogen-bond acceptors (Lipinski definition) is 28. The van der Waals surface area contributed by atoms with Crippen LogP contribution >= 0.6 is 0 Å². The monoisotopic (exact) mass is 1660 g/mol. The molecule has 44 nitrogen and oxygen atoms in total. The summed E-state index contributed by atoms with van der Waals surface area (Å²) in [5.41, 5.74) is 51.3. The van der Waals surface area contributed by atoms with E-state index in [0.717, 1.165) is 72.8 Å². The molecule has 0 unspecified atom stereocenters. The molecule has 1 spiro atoms. The standard InChI is InChI=1S/C69H48N24O20S4/c1-65(2,3)33-23-31-43(63(112-116(106,107)37-21-13-17-29-41(37)47(80-88-72)51(84-92-76)59(100)55(29)96)61(33)110-114(102,103)35-19-11-15-27-39(35)45(78-86-70)49(82-90-74)57(98)53(27)94)69(25-67(31,7)8)26-68(9,10)32-24-34(66(4,5)6)62(111-115(104,105)36-20-12-16-28-40(36)46(79-87-71)50(83-91-75)58(99)54(28)95)64(44(32)69)113-117(108,109)38-22-14-18-30-42(38)48(81-89-73)52(85-93-77)60(101)56(30)97/h11-24H,25-26H2,1-10H3. The Morgan fingerprint density at radius 3 is 0.726 bits per heavy atom. The van der Waals surface area contributed by atoms with Crippen molar-refractivity contribution in [2.45, 2.75) is 129 Å².